The predicted molar refractivity (Wildman–Crippen MR) is 66.9 cm³/mol. The highest BCUT2D eigenvalue weighted by molar-refractivity contribution is 5.44. The smallest absolute Gasteiger partial charge is 0.397 e. The number of aromatic nitrogens is 2. The van der Waals surface area contributed by atoms with E-state index in [1.165, 1.54) is 12.3 Å². The van der Waals surface area contributed by atoms with Crippen molar-refractivity contribution >= 4 is 5.69 Å². The highest BCUT2D eigenvalue weighted by Crippen LogP contribution is 2.37. The molecule has 0 atom stereocenters. The van der Waals surface area contributed by atoms with Gasteiger partial charge in [-0.15, -0.1) is 0 Å². The first-order valence-corrected chi connectivity index (χ1v) is 6.04. The second-order valence-corrected chi connectivity index (χ2v) is 4.77. The van der Waals surface area contributed by atoms with Gasteiger partial charge in [-0.05, 0) is 24.6 Å². The van der Waals surface area contributed by atoms with Gasteiger partial charge in [-0.25, -0.2) is 0 Å². The minimum Gasteiger partial charge on any atom is -0.397 e. The maximum Gasteiger partial charge on any atom is 0.431 e. The Hall–Kier alpha value is -2.19. The highest BCUT2D eigenvalue weighted by atomic mass is 19.4. The van der Waals surface area contributed by atoms with Crippen molar-refractivity contribution < 1.29 is 26.3 Å². The summed E-state index contributed by atoms with van der Waals surface area (Å²) in [5.41, 5.74) is 3.93. The standard InChI is InChI=1S/C13H11F6N3/c1-7-2-9(21-4-10(7)20)6-22-5-8(12(14,15)16)3-11(22)13(17,18)19/h2-5H,6,20H2,1H3. The fraction of sp³-hybridized carbons (Fsp3) is 0.308. The Balaban J connectivity index is 2.44. The molecule has 0 radical (unpaired) electrons. The molecule has 0 aliphatic carbocycles. The van der Waals surface area contributed by atoms with Crippen LogP contribution in [0.3, 0.4) is 0 Å². The van der Waals surface area contributed by atoms with E-state index < -0.39 is 30.2 Å². The van der Waals surface area contributed by atoms with Crippen molar-refractivity contribution in [2.75, 3.05) is 5.73 Å². The average Bonchev–Trinajstić information content (AvgIpc) is 2.77. The normalized spacial score (nSPS) is 12.7. The van der Waals surface area contributed by atoms with Gasteiger partial charge in [0.2, 0.25) is 0 Å². The van der Waals surface area contributed by atoms with Gasteiger partial charge in [0, 0.05) is 6.20 Å². The third-order valence-electron chi connectivity index (χ3n) is 3.05. The maximum absolute atomic E-state index is 12.9. The van der Waals surface area contributed by atoms with Crippen LogP contribution in [0, 0.1) is 6.92 Å². The Bertz CT molecular complexity index is 684. The Kier molecular flexibility index (Phi) is 3.84. The van der Waals surface area contributed by atoms with Gasteiger partial charge in [0.05, 0.1) is 29.7 Å². The quantitative estimate of drug-likeness (QED) is 0.853. The molecule has 0 saturated carbocycles. The van der Waals surface area contributed by atoms with Crippen LogP contribution in [-0.4, -0.2) is 9.55 Å². The molecule has 120 valence electrons. The molecule has 0 bridgehead atoms. The molecule has 2 aromatic heterocycles. The Morgan fingerprint density at radius 3 is 2.23 bits per heavy atom. The van der Waals surface area contributed by atoms with Gasteiger partial charge < -0.3 is 10.3 Å². The largest absolute Gasteiger partial charge is 0.431 e. The van der Waals surface area contributed by atoms with E-state index in [0.29, 0.717) is 22.0 Å². The molecule has 0 fully saturated rings. The van der Waals surface area contributed by atoms with Gasteiger partial charge in [-0.1, -0.05) is 0 Å². The fourth-order valence-electron chi connectivity index (χ4n) is 1.92. The number of anilines is 1. The summed E-state index contributed by atoms with van der Waals surface area (Å²) in [4.78, 5) is 3.83. The SMILES string of the molecule is Cc1cc(Cn2cc(C(F)(F)F)cc2C(F)(F)F)ncc1N. The van der Waals surface area contributed by atoms with Crippen molar-refractivity contribution in [3.63, 3.8) is 0 Å². The first kappa shape index (κ1) is 16.2. The molecular formula is C13H11F6N3. The molecule has 22 heavy (non-hydrogen) atoms. The zero-order chi connectivity index (χ0) is 16.7. The van der Waals surface area contributed by atoms with Crippen LogP contribution in [0.4, 0.5) is 32.0 Å². The summed E-state index contributed by atoms with van der Waals surface area (Å²) in [5, 5.41) is 0. The van der Waals surface area contributed by atoms with Crippen molar-refractivity contribution in [2.45, 2.75) is 25.8 Å². The lowest BCUT2D eigenvalue weighted by Gasteiger charge is -2.12. The maximum atomic E-state index is 12.9. The number of rotatable bonds is 2. The van der Waals surface area contributed by atoms with Crippen LogP contribution in [0.1, 0.15) is 22.5 Å². The minimum atomic E-state index is -4.90. The summed E-state index contributed by atoms with van der Waals surface area (Å²) in [5.74, 6) is 0. The third kappa shape index (κ3) is 3.34. The number of hydrogen-bond acceptors (Lipinski definition) is 2. The van der Waals surface area contributed by atoms with Crippen molar-refractivity contribution in [2.24, 2.45) is 0 Å². The molecular weight excluding hydrogens is 312 g/mol. The van der Waals surface area contributed by atoms with Crippen LogP contribution in [0.15, 0.2) is 24.5 Å². The molecule has 0 unspecified atom stereocenters. The van der Waals surface area contributed by atoms with Crippen molar-refractivity contribution in [3.05, 3.63) is 47.0 Å². The molecule has 0 aliphatic rings. The van der Waals surface area contributed by atoms with Crippen molar-refractivity contribution in [1.82, 2.24) is 9.55 Å². The lowest BCUT2D eigenvalue weighted by Crippen LogP contribution is -2.14. The first-order valence-electron chi connectivity index (χ1n) is 6.04. The zero-order valence-corrected chi connectivity index (χ0v) is 11.3. The second kappa shape index (κ2) is 5.22. The topological polar surface area (TPSA) is 43.8 Å². The monoisotopic (exact) mass is 323 g/mol. The summed E-state index contributed by atoms with van der Waals surface area (Å²) < 4.78 is 76.9. The molecule has 0 spiro atoms. The molecule has 2 aromatic rings. The van der Waals surface area contributed by atoms with Gasteiger partial charge in [0.15, 0.2) is 0 Å². The van der Waals surface area contributed by atoms with Crippen molar-refractivity contribution in [3.8, 4) is 0 Å². The van der Waals surface area contributed by atoms with Crippen LogP contribution >= 0.6 is 0 Å². The minimum absolute atomic E-state index is 0.0875. The summed E-state index contributed by atoms with van der Waals surface area (Å²) >= 11 is 0. The number of nitrogens with two attached hydrogens (primary N) is 1. The van der Waals surface area contributed by atoms with Gasteiger partial charge >= 0.3 is 12.4 Å². The number of nitrogen functional groups attached to an aromatic ring is 1. The lowest BCUT2D eigenvalue weighted by atomic mass is 10.2. The number of hydrogen-bond donors (Lipinski definition) is 1. The number of pyridine rings is 1. The molecule has 9 heteroatoms. The number of halogens is 6. The summed E-state index contributed by atoms with van der Waals surface area (Å²) in [6.45, 7) is 1.19. The molecule has 0 saturated heterocycles. The van der Waals surface area contributed by atoms with Gasteiger partial charge in [0.25, 0.3) is 0 Å². The highest BCUT2D eigenvalue weighted by Gasteiger charge is 2.40. The van der Waals surface area contributed by atoms with E-state index in [-0.39, 0.29) is 11.8 Å². The van der Waals surface area contributed by atoms with E-state index in [2.05, 4.69) is 4.98 Å². The molecule has 2 rings (SSSR count). The molecule has 0 aliphatic heterocycles. The number of aryl methyl sites for hydroxylation is 1. The molecule has 2 heterocycles. The van der Waals surface area contributed by atoms with Crippen molar-refractivity contribution in [1.29, 1.82) is 0 Å². The van der Waals surface area contributed by atoms with Crippen LogP contribution < -0.4 is 5.73 Å². The number of alkyl halides is 6. The first-order chi connectivity index (χ1) is 9.98. The van der Waals surface area contributed by atoms with E-state index in [9.17, 15) is 26.3 Å². The van der Waals surface area contributed by atoms with E-state index in [1.54, 1.807) is 6.92 Å². The fourth-order valence-corrected chi connectivity index (χ4v) is 1.92. The van der Waals surface area contributed by atoms with Crippen LogP contribution in [0.25, 0.3) is 0 Å². The van der Waals surface area contributed by atoms with Gasteiger partial charge in [-0.2, -0.15) is 26.3 Å². The molecule has 0 amide bonds. The Morgan fingerprint density at radius 2 is 1.73 bits per heavy atom. The number of nitrogens with zero attached hydrogens (tertiary/aromatic N) is 2. The summed E-state index contributed by atoms with van der Waals surface area (Å²) in [6, 6.07) is 1.52. The third-order valence-corrected chi connectivity index (χ3v) is 3.05. The van der Waals surface area contributed by atoms with Gasteiger partial charge in [-0.3, -0.25) is 4.98 Å². The molecule has 0 aromatic carbocycles. The zero-order valence-electron chi connectivity index (χ0n) is 11.3. The van der Waals surface area contributed by atoms with E-state index in [4.69, 9.17) is 5.73 Å². The van der Waals surface area contributed by atoms with E-state index in [0.717, 1.165) is 0 Å². The summed E-state index contributed by atoms with van der Waals surface area (Å²) in [7, 11) is 0. The Morgan fingerprint density at radius 1 is 1.09 bits per heavy atom. The van der Waals surface area contributed by atoms with Crippen LogP contribution in [0.2, 0.25) is 0 Å². The Labute approximate surface area is 121 Å². The molecule has 3 nitrogen and oxygen atoms in total. The lowest BCUT2D eigenvalue weighted by molar-refractivity contribution is -0.144. The average molecular weight is 323 g/mol. The second-order valence-electron chi connectivity index (χ2n) is 4.77. The van der Waals surface area contributed by atoms with Crippen LogP contribution in [-0.2, 0) is 18.9 Å². The van der Waals surface area contributed by atoms with E-state index >= 15 is 0 Å². The molecule has 2 N–H and O–H groups in total. The summed E-state index contributed by atoms with van der Waals surface area (Å²) in [6.07, 6.45) is -8.07. The van der Waals surface area contributed by atoms with Crippen LogP contribution in [0.5, 0.6) is 0 Å². The van der Waals surface area contributed by atoms with E-state index in [1.807, 2.05) is 0 Å². The predicted octanol–water partition coefficient (Wildman–Crippen LogP) is 3.86. The van der Waals surface area contributed by atoms with Gasteiger partial charge in [0.1, 0.15) is 5.69 Å².